The molecule has 0 spiro atoms. The second kappa shape index (κ2) is 5.88. The summed E-state index contributed by atoms with van der Waals surface area (Å²) in [5, 5.41) is 4.75. The first-order valence-corrected chi connectivity index (χ1v) is 7.76. The number of hydrogen-bond donors (Lipinski definition) is 0. The quantitative estimate of drug-likeness (QED) is 0.513. The molecule has 5 heteroatoms. The highest BCUT2D eigenvalue weighted by atomic mass is 35.5. The van der Waals surface area contributed by atoms with E-state index in [0.717, 1.165) is 16.6 Å². The molecule has 0 N–H and O–H groups in total. The summed E-state index contributed by atoms with van der Waals surface area (Å²) in [5.41, 5.74) is 3.29. The molecule has 2 aromatic carbocycles. The van der Waals surface area contributed by atoms with Crippen LogP contribution in [0.2, 0.25) is 5.02 Å². The Morgan fingerprint density at radius 3 is 2.75 bits per heavy atom. The van der Waals surface area contributed by atoms with Gasteiger partial charge >= 0.3 is 0 Å². The Kier molecular flexibility index (Phi) is 3.56. The van der Waals surface area contributed by atoms with Gasteiger partial charge in [0, 0.05) is 11.6 Å². The summed E-state index contributed by atoms with van der Waals surface area (Å²) in [5.74, 6) is 3.86. The number of hydrogen-bond acceptors (Lipinski definition) is 3. The van der Waals surface area contributed by atoms with Gasteiger partial charge in [-0.25, -0.2) is 4.98 Å². The van der Waals surface area contributed by atoms with Crippen molar-refractivity contribution in [2.45, 2.75) is 6.54 Å². The van der Waals surface area contributed by atoms with Gasteiger partial charge in [0.25, 0.3) is 0 Å². The van der Waals surface area contributed by atoms with Gasteiger partial charge in [0.05, 0.1) is 22.6 Å². The first kappa shape index (κ1) is 14.6. The van der Waals surface area contributed by atoms with Gasteiger partial charge in [-0.05, 0) is 18.2 Å². The molecule has 0 saturated carbocycles. The minimum Gasteiger partial charge on any atom is -0.352 e. The average Bonchev–Trinajstić information content (AvgIpc) is 3.21. The van der Waals surface area contributed by atoms with E-state index in [-0.39, 0.29) is 0 Å². The highest BCUT2D eigenvalue weighted by Crippen LogP contribution is 2.31. The third-order valence-corrected chi connectivity index (χ3v) is 4.11. The lowest BCUT2D eigenvalue weighted by molar-refractivity contribution is 0.431. The van der Waals surface area contributed by atoms with Crippen molar-refractivity contribution < 1.29 is 4.52 Å². The molecule has 0 aliphatic rings. The normalized spacial score (nSPS) is 10.8. The van der Waals surface area contributed by atoms with Gasteiger partial charge < -0.3 is 9.09 Å². The maximum atomic E-state index is 6.23. The Morgan fingerprint density at radius 2 is 1.92 bits per heavy atom. The number of aromatic nitrogens is 3. The molecule has 2 aromatic heterocycles. The van der Waals surface area contributed by atoms with Crippen LogP contribution in [0.15, 0.2) is 59.1 Å². The Labute approximate surface area is 143 Å². The zero-order valence-corrected chi connectivity index (χ0v) is 13.4. The lowest BCUT2D eigenvalue weighted by atomic mass is 10.1. The minimum absolute atomic E-state index is 0.401. The number of nitrogens with zero attached hydrogens (tertiary/aromatic N) is 3. The minimum atomic E-state index is 0.401. The Bertz CT molecular complexity index is 1070. The van der Waals surface area contributed by atoms with Crippen molar-refractivity contribution in [3.63, 3.8) is 0 Å². The molecule has 4 rings (SSSR count). The Hall–Kier alpha value is -3.03. The van der Waals surface area contributed by atoms with Crippen LogP contribution in [-0.4, -0.2) is 14.7 Å². The molecule has 2 heterocycles. The van der Waals surface area contributed by atoms with E-state index in [1.165, 1.54) is 0 Å². The fraction of sp³-hybridized carbons (Fsp3) is 0.0526. The van der Waals surface area contributed by atoms with E-state index in [2.05, 4.69) is 16.1 Å². The number of para-hydroxylation sites is 2. The van der Waals surface area contributed by atoms with Crippen LogP contribution in [0.4, 0.5) is 0 Å². The van der Waals surface area contributed by atoms with Crippen molar-refractivity contribution in [1.29, 1.82) is 0 Å². The van der Waals surface area contributed by atoms with E-state index in [1.807, 2.05) is 59.2 Å². The second-order valence-electron chi connectivity index (χ2n) is 5.27. The monoisotopic (exact) mass is 333 g/mol. The third kappa shape index (κ3) is 2.36. The molecule has 0 fully saturated rings. The van der Waals surface area contributed by atoms with Gasteiger partial charge in [-0.3, -0.25) is 0 Å². The molecule has 116 valence electrons. The summed E-state index contributed by atoms with van der Waals surface area (Å²) in [6, 6.07) is 17.1. The smallest absolute Gasteiger partial charge is 0.203 e. The summed E-state index contributed by atoms with van der Waals surface area (Å²) in [7, 11) is 0. The lowest BCUT2D eigenvalue weighted by Gasteiger charge is -2.01. The number of halogens is 1. The molecule has 24 heavy (non-hydrogen) atoms. The third-order valence-electron chi connectivity index (χ3n) is 3.78. The summed E-state index contributed by atoms with van der Waals surface area (Å²) in [4.78, 5) is 4.63. The van der Waals surface area contributed by atoms with Gasteiger partial charge in [-0.1, -0.05) is 53.0 Å². The molecule has 0 atom stereocenters. The SMILES string of the molecule is C#CCn1c(-c2cc(-c3ccccc3Cl)no2)nc2ccccc21. The van der Waals surface area contributed by atoms with Gasteiger partial charge in [0.1, 0.15) is 5.69 Å². The van der Waals surface area contributed by atoms with E-state index < -0.39 is 0 Å². The van der Waals surface area contributed by atoms with Crippen LogP contribution in [0.3, 0.4) is 0 Å². The van der Waals surface area contributed by atoms with Gasteiger partial charge in [-0.2, -0.15) is 0 Å². The van der Waals surface area contributed by atoms with E-state index in [9.17, 15) is 0 Å². The molecule has 4 nitrogen and oxygen atoms in total. The van der Waals surface area contributed by atoms with Crippen LogP contribution in [0.25, 0.3) is 33.9 Å². The molecule has 0 radical (unpaired) electrons. The molecular weight excluding hydrogens is 322 g/mol. The Morgan fingerprint density at radius 1 is 1.12 bits per heavy atom. The van der Waals surface area contributed by atoms with Crippen molar-refractivity contribution >= 4 is 22.6 Å². The summed E-state index contributed by atoms with van der Waals surface area (Å²) in [6.45, 7) is 0.401. The number of terminal acetylenes is 1. The average molecular weight is 334 g/mol. The largest absolute Gasteiger partial charge is 0.352 e. The first-order chi connectivity index (χ1) is 11.8. The fourth-order valence-electron chi connectivity index (χ4n) is 2.69. The van der Waals surface area contributed by atoms with Gasteiger partial charge in [0.2, 0.25) is 5.76 Å². The van der Waals surface area contributed by atoms with E-state index in [1.54, 1.807) is 0 Å². The van der Waals surface area contributed by atoms with Crippen molar-refractivity contribution in [1.82, 2.24) is 14.7 Å². The van der Waals surface area contributed by atoms with Crippen molar-refractivity contribution in [3.8, 4) is 35.2 Å². The molecule has 0 bridgehead atoms. The zero-order valence-electron chi connectivity index (χ0n) is 12.6. The van der Waals surface area contributed by atoms with Crippen molar-refractivity contribution in [2.75, 3.05) is 0 Å². The number of benzene rings is 2. The molecule has 0 aliphatic carbocycles. The maximum absolute atomic E-state index is 6.23. The highest BCUT2D eigenvalue weighted by Gasteiger charge is 2.17. The van der Waals surface area contributed by atoms with Crippen molar-refractivity contribution in [3.05, 3.63) is 59.6 Å². The first-order valence-electron chi connectivity index (χ1n) is 7.38. The predicted molar refractivity (Wildman–Crippen MR) is 94.5 cm³/mol. The van der Waals surface area contributed by atoms with E-state index in [0.29, 0.717) is 28.8 Å². The molecule has 4 aromatic rings. The summed E-state index contributed by atoms with van der Waals surface area (Å²) >= 11 is 6.23. The molecule has 0 amide bonds. The number of rotatable bonds is 3. The van der Waals surface area contributed by atoms with Gasteiger partial charge in [-0.15, -0.1) is 6.42 Å². The summed E-state index contributed by atoms with van der Waals surface area (Å²) < 4.78 is 7.45. The van der Waals surface area contributed by atoms with Crippen LogP contribution in [0.5, 0.6) is 0 Å². The highest BCUT2D eigenvalue weighted by molar-refractivity contribution is 6.33. The summed E-state index contributed by atoms with van der Waals surface area (Å²) in [6.07, 6.45) is 5.51. The molecular formula is C19H12ClN3O. The zero-order chi connectivity index (χ0) is 16.5. The molecule has 0 saturated heterocycles. The van der Waals surface area contributed by atoms with E-state index >= 15 is 0 Å². The van der Waals surface area contributed by atoms with Crippen LogP contribution < -0.4 is 0 Å². The Balaban J connectivity index is 1.86. The number of fused-ring (bicyclic) bond motifs is 1. The topological polar surface area (TPSA) is 43.9 Å². The molecule has 0 aliphatic heterocycles. The lowest BCUT2D eigenvalue weighted by Crippen LogP contribution is -1.97. The van der Waals surface area contributed by atoms with Crippen LogP contribution in [-0.2, 0) is 6.54 Å². The maximum Gasteiger partial charge on any atom is 0.203 e. The van der Waals surface area contributed by atoms with E-state index in [4.69, 9.17) is 22.5 Å². The van der Waals surface area contributed by atoms with Crippen LogP contribution >= 0.6 is 11.6 Å². The predicted octanol–water partition coefficient (Wildman–Crippen LogP) is 4.64. The molecule has 0 unspecified atom stereocenters. The fourth-order valence-corrected chi connectivity index (χ4v) is 2.92. The van der Waals surface area contributed by atoms with Crippen LogP contribution in [0, 0.1) is 12.3 Å². The number of imidazole rings is 1. The van der Waals surface area contributed by atoms with Crippen LogP contribution in [0.1, 0.15) is 0 Å². The standard InChI is InChI=1S/C19H12ClN3O/c1-2-11-23-17-10-6-5-9-15(17)21-19(23)18-12-16(22-24-18)13-7-3-4-8-14(13)20/h1,3-10,12H,11H2. The van der Waals surface area contributed by atoms with Gasteiger partial charge in [0.15, 0.2) is 5.82 Å². The second-order valence-corrected chi connectivity index (χ2v) is 5.68. The van der Waals surface area contributed by atoms with Crippen molar-refractivity contribution in [2.24, 2.45) is 0 Å².